The molecule has 0 saturated carbocycles. The molecule has 0 unspecified atom stereocenters. The summed E-state index contributed by atoms with van der Waals surface area (Å²) in [6.45, 7) is 11.8. The van der Waals surface area contributed by atoms with E-state index in [-0.39, 0.29) is 8.22 Å². The lowest BCUT2D eigenvalue weighted by Crippen LogP contribution is -2.45. The zero-order valence-corrected chi connectivity index (χ0v) is 12.9. The highest BCUT2D eigenvalue weighted by Gasteiger charge is 2.33. The number of nitrogens with zero attached hydrogens (tertiary/aromatic N) is 2. The highest BCUT2D eigenvalue weighted by Crippen LogP contribution is 2.48. The minimum atomic E-state index is -0.306. The summed E-state index contributed by atoms with van der Waals surface area (Å²) in [5.74, 6) is 0. The third-order valence-corrected chi connectivity index (χ3v) is 6.50. The van der Waals surface area contributed by atoms with Gasteiger partial charge in [-0.05, 0) is 34.1 Å². The van der Waals surface area contributed by atoms with Crippen LogP contribution in [-0.4, -0.2) is 34.5 Å². The lowest BCUT2D eigenvalue weighted by atomic mass is 10.3. The topological polar surface area (TPSA) is 6.48 Å². The summed E-state index contributed by atoms with van der Waals surface area (Å²) in [5, 5.41) is 1.50. The fraction of sp³-hybridized carbons (Fsp3) is 0.600. The van der Waals surface area contributed by atoms with Crippen molar-refractivity contribution in [2.75, 3.05) is 13.1 Å². The Hall–Kier alpha value is -0.430. The summed E-state index contributed by atoms with van der Waals surface area (Å²) in [6.07, 6.45) is 1.29. The van der Waals surface area contributed by atoms with Gasteiger partial charge in [-0.3, -0.25) is 9.34 Å². The standard InChI is InChI=1S/C15H25N2P/c1-13(2)16-11-8-12-17(14(3)4)18(16)15-9-6-5-7-10-15/h5-7,9-10,13-14H,8,11-12H2,1-4H3. The van der Waals surface area contributed by atoms with Crippen molar-refractivity contribution in [2.24, 2.45) is 0 Å². The summed E-state index contributed by atoms with van der Waals surface area (Å²) in [6, 6.07) is 12.3. The Morgan fingerprint density at radius 2 is 1.39 bits per heavy atom. The van der Waals surface area contributed by atoms with E-state index >= 15 is 0 Å². The molecule has 3 heteroatoms. The van der Waals surface area contributed by atoms with Gasteiger partial charge >= 0.3 is 0 Å². The molecule has 0 amide bonds. The largest absolute Gasteiger partial charge is 0.264 e. The van der Waals surface area contributed by atoms with Crippen molar-refractivity contribution in [3.05, 3.63) is 30.3 Å². The van der Waals surface area contributed by atoms with Gasteiger partial charge in [0.1, 0.15) is 0 Å². The van der Waals surface area contributed by atoms with Crippen LogP contribution in [0.5, 0.6) is 0 Å². The Morgan fingerprint density at radius 3 is 1.83 bits per heavy atom. The first-order valence-electron chi connectivity index (χ1n) is 6.99. The van der Waals surface area contributed by atoms with Crippen molar-refractivity contribution in [1.29, 1.82) is 0 Å². The first-order chi connectivity index (χ1) is 8.61. The van der Waals surface area contributed by atoms with E-state index in [2.05, 4.69) is 67.4 Å². The molecule has 1 saturated heterocycles. The molecule has 1 aliphatic heterocycles. The summed E-state index contributed by atoms with van der Waals surface area (Å²) < 4.78 is 5.38. The van der Waals surface area contributed by atoms with Crippen molar-refractivity contribution in [1.82, 2.24) is 9.34 Å². The molecule has 0 N–H and O–H groups in total. The summed E-state index contributed by atoms with van der Waals surface area (Å²) in [5.41, 5.74) is 0. The molecule has 100 valence electrons. The Morgan fingerprint density at radius 1 is 0.889 bits per heavy atom. The highest BCUT2D eigenvalue weighted by molar-refractivity contribution is 7.61. The summed E-state index contributed by atoms with van der Waals surface area (Å²) in [7, 11) is -0.306. The SMILES string of the molecule is CC(C)N1CCCN(C(C)C)P1c1ccccc1. The van der Waals surface area contributed by atoms with Crippen molar-refractivity contribution < 1.29 is 0 Å². The fourth-order valence-corrected chi connectivity index (χ4v) is 5.41. The summed E-state index contributed by atoms with van der Waals surface area (Å²) in [4.78, 5) is 0. The van der Waals surface area contributed by atoms with Gasteiger partial charge in [0.2, 0.25) is 0 Å². The molecule has 18 heavy (non-hydrogen) atoms. The zero-order chi connectivity index (χ0) is 13.1. The maximum atomic E-state index is 2.69. The van der Waals surface area contributed by atoms with E-state index < -0.39 is 0 Å². The van der Waals surface area contributed by atoms with E-state index in [0.29, 0.717) is 12.1 Å². The van der Waals surface area contributed by atoms with Gasteiger partial charge in [0.25, 0.3) is 0 Å². The van der Waals surface area contributed by atoms with Crippen molar-refractivity contribution >= 4 is 13.5 Å². The lowest BCUT2D eigenvalue weighted by Gasteiger charge is -2.47. The molecule has 0 aromatic heterocycles. The Balaban J connectivity index is 2.32. The van der Waals surface area contributed by atoms with Gasteiger partial charge in [0, 0.05) is 30.5 Å². The second-order valence-corrected chi connectivity index (χ2v) is 7.62. The lowest BCUT2D eigenvalue weighted by molar-refractivity contribution is 0.264. The molecule has 1 aromatic carbocycles. The van der Waals surface area contributed by atoms with Crippen LogP contribution in [0.25, 0.3) is 0 Å². The highest BCUT2D eigenvalue weighted by atomic mass is 31.1. The minimum absolute atomic E-state index is 0.306. The number of hydrogen-bond donors (Lipinski definition) is 0. The monoisotopic (exact) mass is 264 g/mol. The molecule has 0 atom stereocenters. The predicted molar refractivity (Wildman–Crippen MR) is 81.3 cm³/mol. The molecule has 1 aromatic rings. The maximum absolute atomic E-state index is 2.69. The second-order valence-electron chi connectivity index (χ2n) is 5.49. The van der Waals surface area contributed by atoms with E-state index in [0.717, 1.165) is 0 Å². The molecule has 1 heterocycles. The van der Waals surface area contributed by atoms with Crippen LogP contribution < -0.4 is 5.30 Å². The van der Waals surface area contributed by atoms with Crippen molar-refractivity contribution in [2.45, 2.75) is 46.2 Å². The maximum Gasteiger partial charge on any atom is 0.0729 e. The zero-order valence-electron chi connectivity index (χ0n) is 12.0. The minimum Gasteiger partial charge on any atom is -0.264 e. The molecule has 0 radical (unpaired) electrons. The third-order valence-electron chi connectivity index (χ3n) is 3.44. The molecular formula is C15H25N2P. The molecule has 2 rings (SSSR count). The molecule has 2 nitrogen and oxygen atoms in total. The van der Waals surface area contributed by atoms with Crippen LogP contribution >= 0.6 is 8.22 Å². The van der Waals surface area contributed by atoms with Gasteiger partial charge in [-0.2, -0.15) is 0 Å². The van der Waals surface area contributed by atoms with Gasteiger partial charge in [0.15, 0.2) is 0 Å². The molecule has 1 fully saturated rings. The van der Waals surface area contributed by atoms with E-state index in [4.69, 9.17) is 0 Å². The molecule has 0 bridgehead atoms. The first kappa shape index (κ1) is 14.0. The Labute approximate surface area is 113 Å². The molecule has 1 aliphatic rings. The van der Waals surface area contributed by atoms with Crippen LogP contribution in [0.3, 0.4) is 0 Å². The Bertz CT molecular complexity index is 348. The van der Waals surface area contributed by atoms with E-state index in [1.54, 1.807) is 0 Å². The van der Waals surface area contributed by atoms with Gasteiger partial charge in [-0.15, -0.1) is 0 Å². The van der Waals surface area contributed by atoms with Gasteiger partial charge in [0.05, 0.1) is 8.22 Å². The average molecular weight is 264 g/mol. The van der Waals surface area contributed by atoms with Crippen LogP contribution in [0.4, 0.5) is 0 Å². The van der Waals surface area contributed by atoms with E-state index in [1.165, 1.54) is 24.8 Å². The van der Waals surface area contributed by atoms with Crippen LogP contribution in [0.15, 0.2) is 30.3 Å². The van der Waals surface area contributed by atoms with Crippen LogP contribution in [0.1, 0.15) is 34.1 Å². The number of rotatable bonds is 3. The van der Waals surface area contributed by atoms with E-state index in [9.17, 15) is 0 Å². The smallest absolute Gasteiger partial charge is 0.0729 e. The van der Waals surface area contributed by atoms with Crippen LogP contribution in [-0.2, 0) is 0 Å². The summed E-state index contributed by atoms with van der Waals surface area (Å²) >= 11 is 0. The molecular weight excluding hydrogens is 239 g/mol. The Kier molecular flexibility index (Phi) is 4.77. The first-order valence-corrected chi connectivity index (χ1v) is 8.24. The van der Waals surface area contributed by atoms with Gasteiger partial charge in [-0.1, -0.05) is 30.3 Å². The van der Waals surface area contributed by atoms with Crippen molar-refractivity contribution in [3.63, 3.8) is 0 Å². The molecule has 0 spiro atoms. The average Bonchev–Trinajstić information content (AvgIpc) is 2.38. The number of hydrogen-bond acceptors (Lipinski definition) is 2. The predicted octanol–water partition coefficient (Wildman–Crippen LogP) is 3.45. The normalized spacial score (nSPS) is 19.9. The van der Waals surface area contributed by atoms with E-state index in [1.807, 2.05) is 0 Å². The van der Waals surface area contributed by atoms with Crippen molar-refractivity contribution in [3.8, 4) is 0 Å². The van der Waals surface area contributed by atoms with Crippen LogP contribution in [0, 0.1) is 0 Å². The fourth-order valence-electron chi connectivity index (χ4n) is 2.54. The van der Waals surface area contributed by atoms with Gasteiger partial charge < -0.3 is 0 Å². The number of benzene rings is 1. The third kappa shape index (κ3) is 2.93. The van der Waals surface area contributed by atoms with Crippen LogP contribution in [0.2, 0.25) is 0 Å². The molecule has 0 aliphatic carbocycles. The quantitative estimate of drug-likeness (QED) is 0.772. The second kappa shape index (κ2) is 6.14. The van der Waals surface area contributed by atoms with Gasteiger partial charge in [-0.25, -0.2) is 0 Å².